The molecular formula is C22H45N5OSn. The first-order valence-electron chi connectivity index (χ1n) is 11.9. The molecule has 168 valence electrons. The zero-order valence-electron chi connectivity index (χ0n) is 19.7. The number of hydrogen-bond acceptors (Lipinski definition) is 4. The van der Waals surface area contributed by atoms with Gasteiger partial charge in [0.1, 0.15) is 0 Å². The van der Waals surface area contributed by atoms with E-state index in [4.69, 9.17) is 0 Å². The summed E-state index contributed by atoms with van der Waals surface area (Å²) in [5.41, 5.74) is 0. The predicted molar refractivity (Wildman–Crippen MR) is 125 cm³/mol. The predicted octanol–water partition coefficient (Wildman–Crippen LogP) is 3.79. The van der Waals surface area contributed by atoms with Crippen LogP contribution in [0.4, 0.5) is 0 Å². The van der Waals surface area contributed by atoms with Crippen LogP contribution in [0.15, 0.2) is 6.20 Å². The SMILES string of the molecule is CCC[CH2][Sn]([CH2]CCC)([CH2]CCC)[c]1cn(CC(=O)NCCN(CC)CC)nn1. The van der Waals surface area contributed by atoms with Gasteiger partial charge in [0.15, 0.2) is 0 Å². The molecule has 0 radical (unpaired) electrons. The van der Waals surface area contributed by atoms with E-state index in [2.05, 4.69) is 61.3 Å². The van der Waals surface area contributed by atoms with E-state index in [-0.39, 0.29) is 12.5 Å². The van der Waals surface area contributed by atoms with Gasteiger partial charge in [-0.3, -0.25) is 0 Å². The minimum atomic E-state index is -2.55. The van der Waals surface area contributed by atoms with E-state index >= 15 is 0 Å². The van der Waals surface area contributed by atoms with E-state index in [0.717, 1.165) is 19.6 Å². The summed E-state index contributed by atoms with van der Waals surface area (Å²) in [6.45, 7) is 15.1. The summed E-state index contributed by atoms with van der Waals surface area (Å²) in [6.07, 6.45) is 9.80. The fourth-order valence-electron chi connectivity index (χ4n) is 4.02. The number of amides is 1. The molecule has 1 rings (SSSR count). The topological polar surface area (TPSA) is 63.1 Å². The summed E-state index contributed by atoms with van der Waals surface area (Å²) in [4.78, 5) is 14.7. The second-order valence-electron chi connectivity index (χ2n) is 8.27. The van der Waals surface area contributed by atoms with E-state index in [1.165, 1.54) is 55.5 Å². The van der Waals surface area contributed by atoms with Crippen LogP contribution in [0, 0.1) is 0 Å². The van der Waals surface area contributed by atoms with E-state index < -0.39 is 18.4 Å². The maximum atomic E-state index is 12.3. The molecule has 7 heteroatoms. The monoisotopic (exact) mass is 515 g/mol. The molecular weight excluding hydrogens is 469 g/mol. The van der Waals surface area contributed by atoms with E-state index in [1.807, 2.05) is 0 Å². The summed E-state index contributed by atoms with van der Waals surface area (Å²) < 4.78 is 7.20. The molecule has 0 aliphatic rings. The van der Waals surface area contributed by atoms with Gasteiger partial charge in [0.25, 0.3) is 0 Å². The quantitative estimate of drug-likeness (QED) is 0.322. The molecule has 29 heavy (non-hydrogen) atoms. The van der Waals surface area contributed by atoms with E-state index in [9.17, 15) is 4.79 Å². The van der Waals surface area contributed by atoms with Crippen LogP contribution in [-0.4, -0.2) is 70.4 Å². The number of carbonyl (C=O) groups is 1. The number of nitrogens with zero attached hydrogens (tertiary/aromatic N) is 4. The van der Waals surface area contributed by atoms with Gasteiger partial charge >= 0.3 is 183 Å². The van der Waals surface area contributed by atoms with E-state index in [0.29, 0.717) is 6.54 Å². The van der Waals surface area contributed by atoms with Crippen LogP contribution in [0.25, 0.3) is 0 Å². The molecule has 0 spiro atoms. The van der Waals surface area contributed by atoms with Gasteiger partial charge in [0.2, 0.25) is 0 Å². The van der Waals surface area contributed by atoms with Gasteiger partial charge in [-0.1, -0.05) is 0 Å². The molecule has 0 saturated carbocycles. The number of nitrogens with one attached hydrogen (secondary N) is 1. The molecule has 1 amide bonds. The number of hydrogen-bond donors (Lipinski definition) is 1. The zero-order valence-corrected chi connectivity index (χ0v) is 22.5. The first kappa shape index (κ1) is 26.4. The van der Waals surface area contributed by atoms with Gasteiger partial charge in [-0.15, -0.1) is 0 Å². The molecule has 1 N–H and O–H groups in total. The number of rotatable bonds is 17. The van der Waals surface area contributed by atoms with Crippen molar-refractivity contribution in [3.63, 3.8) is 0 Å². The minimum absolute atomic E-state index is 0.0325. The van der Waals surface area contributed by atoms with Gasteiger partial charge < -0.3 is 0 Å². The standard InChI is InChI=1S/C10H18N5O.3C4H9.Sn/c1-3-14(4-2)7-5-11-10(16)9-15-8-6-12-13-15;3*1-3-4-2;/h8H,3-5,7,9H2,1-2H3,(H,11,16);3*1,3-4H2,2H3;. The van der Waals surface area contributed by atoms with Crippen LogP contribution >= 0.6 is 0 Å². The van der Waals surface area contributed by atoms with Gasteiger partial charge in [-0.25, -0.2) is 0 Å². The van der Waals surface area contributed by atoms with Crippen molar-refractivity contribution in [3.8, 4) is 0 Å². The van der Waals surface area contributed by atoms with Crippen LogP contribution in [0.2, 0.25) is 13.3 Å². The Bertz CT molecular complexity index is 537. The maximum absolute atomic E-state index is 12.3. The number of carbonyl (C=O) groups excluding carboxylic acids is 1. The normalized spacial score (nSPS) is 11.9. The molecule has 1 aromatic rings. The number of likely N-dealkylation sites (N-methyl/N-ethyl adjacent to an activating group) is 1. The van der Waals surface area contributed by atoms with Crippen molar-refractivity contribution < 1.29 is 4.79 Å². The number of unbranched alkanes of at least 4 members (excludes halogenated alkanes) is 3. The Balaban J connectivity index is 2.78. The van der Waals surface area contributed by atoms with Crippen molar-refractivity contribution in [1.29, 1.82) is 0 Å². The first-order chi connectivity index (χ1) is 14.0. The first-order valence-corrected chi connectivity index (χ1v) is 19.4. The van der Waals surface area contributed by atoms with Gasteiger partial charge in [0.05, 0.1) is 0 Å². The van der Waals surface area contributed by atoms with Crippen molar-refractivity contribution in [3.05, 3.63) is 6.20 Å². The third-order valence-corrected chi connectivity index (χ3v) is 21.0. The Hall–Kier alpha value is -0.631. The average Bonchev–Trinajstić information content (AvgIpc) is 3.20. The Morgan fingerprint density at radius 3 is 2.03 bits per heavy atom. The molecule has 0 saturated heterocycles. The van der Waals surface area contributed by atoms with Crippen LogP contribution in [-0.2, 0) is 11.3 Å². The summed E-state index contributed by atoms with van der Waals surface area (Å²) in [6, 6.07) is 0. The fraction of sp³-hybridized carbons (Fsp3) is 0.864. The Morgan fingerprint density at radius 2 is 1.55 bits per heavy atom. The van der Waals surface area contributed by atoms with Gasteiger partial charge in [-0.05, 0) is 0 Å². The Morgan fingerprint density at radius 1 is 1.00 bits per heavy atom. The fourth-order valence-corrected chi connectivity index (χ4v) is 19.1. The molecule has 0 aliphatic heterocycles. The molecule has 0 atom stereocenters. The van der Waals surface area contributed by atoms with Crippen LogP contribution < -0.4 is 9.03 Å². The summed E-state index contributed by atoms with van der Waals surface area (Å²) >= 11 is -2.55. The number of aromatic nitrogens is 3. The molecule has 1 heterocycles. The molecule has 0 bridgehead atoms. The van der Waals surface area contributed by atoms with Crippen molar-refractivity contribution in [2.75, 3.05) is 26.2 Å². The Labute approximate surface area is 183 Å². The van der Waals surface area contributed by atoms with Crippen molar-refractivity contribution in [2.24, 2.45) is 0 Å². The van der Waals surface area contributed by atoms with Crippen LogP contribution in [0.1, 0.15) is 73.1 Å². The molecule has 0 fully saturated rings. The molecule has 0 unspecified atom stereocenters. The van der Waals surface area contributed by atoms with Crippen LogP contribution in [0.3, 0.4) is 0 Å². The summed E-state index contributed by atoms with van der Waals surface area (Å²) in [5.74, 6) is 0.0325. The molecule has 0 aliphatic carbocycles. The zero-order chi connectivity index (χ0) is 21.5. The van der Waals surface area contributed by atoms with E-state index in [1.54, 1.807) is 4.68 Å². The third-order valence-electron chi connectivity index (χ3n) is 6.06. The van der Waals surface area contributed by atoms with Gasteiger partial charge in [-0.2, -0.15) is 0 Å². The molecule has 6 nitrogen and oxygen atoms in total. The molecule has 0 aromatic carbocycles. The van der Waals surface area contributed by atoms with Gasteiger partial charge in [0, 0.05) is 0 Å². The Kier molecular flexibility index (Phi) is 13.9. The van der Waals surface area contributed by atoms with Crippen LogP contribution in [0.5, 0.6) is 0 Å². The summed E-state index contributed by atoms with van der Waals surface area (Å²) in [5, 5.41) is 12.1. The third kappa shape index (κ3) is 9.36. The van der Waals surface area contributed by atoms with Crippen molar-refractivity contribution in [1.82, 2.24) is 25.2 Å². The van der Waals surface area contributed by atoms with Crippen molar-refractivity contribution in [2.45, 2.75) is 93.0 Å². The average molecular weight is 514 g/mol. The molecule has 1 aromatic heterocycles. The van der Waals surface area contributed by atoms with Crippen molar-refractivity contribution >= 4 is 28.0 Å². The summed E-state index contributed by atoms with van der Waals surface area (Å²) in [7, 11) is 0. The second-order valence-corrected chi connectivity index (χ2v) is 21.3. The second kappa shape index (κ2) is 15.2.